The van der Waals surface area contributed by atoms with E-state index >= 15 is 0 Å². The molecular formula is C16H27IN4O2. The molecule has 0 saturated heterocycles. The van der Waals surface area contributed by atoms with Gasteiger partial charge in [-0.2, -0.15) is 0 Å². The minimum Gasteiger partial charge on any atom is -0.507 e. The number of halogens is 1. The molecule has 23 heavy (non-hydrogen) atoms. The Labute approximate surface area is 155 Å². The number of carbonyl (C=O) groups is 1. The molecule has 0 fully saturated rings. The molecule has 0 saturated carbocycles. The van der Waals surface area contributed by atoms with Crippen LogP contribution in [0.4, 0.5) is 0 Å². The minimum atomic E-state index is -0.288. The van der Waals surface area contributed by atoms with Crippen molar-refractivity contribution in [2.75, 3.05) is 26.2 Å². The molecule has 4 N–H and O–H groups in total. The van der Waals surface area contributed by atoms with Gasteiger partial charge in [0.2, 0.25) is 0 Å². The average Bonchev–Trinajstić information content (AvgIpc) is 2.49. The van der Waals surface area contributed by atoms with Crippen LogP contribution in [0.3, 0.4) is 0 Å². The molecule has 0 unspecified atom stereocenters. The molecule has 0 aliphatic heterocycles. The predicted octanol–water partition coefficient (Wildman–Crippen LogP) is 1.95. The number of guanidine groups is 1. The third kappa shape index (κ3) is 8.63. The number of hydrogen-bond donors (Lipinski definition) is 4. The van der Waals surface area contributed by atoms with E-state index in [4.69, 9.17) is 0 Å². The molecule has 0 radical (unpaired) electrons. The first-order valence-corrected chi connectivity index (χ1v) is 7.63. The molecule has 0 heterocycles. The molecule has 0 aliphatic carbocycles. The van der Waals surface area contributed by atoms with E-state index < -0.39 is 0 Å². The van der Waals surface area contributed by atoms with Crippen molar-refractivity contribution in [3.8, 4) is 5.75 Å². The number of aliphatic imine (C=N–C) groups is 1. The highest BCUT2D eigenvalue weighted by Gasteiger charge is 2.09. The first-order valence-electron chi connectivity index (χ1n) is 7.63. The van der Waals surface area contributed by atoms with E-state index in [-0.39, 0.29) is 41.2 Å². The van der Waals surface area contributed by atoms with Crippen LogP contribution in [0.2, 0.25) is 0 Å². The van der Waals surface area contributed by atoms with Crippen molar-refractivity contribution in [1.29, 1.82) is 0 Å². The van der Waals surface area contributed by atoms with Gasteiger partial charge in [0.05, 0.1) is 5.56 Å². The van der Waals surface area contributed by atoms with E-state index in [0.29, 0.717) is 19.0 Å². The van der Waals surface area contributed by atoms with E-state index in [1.807, 2.05) is 6.92 Å². The Balaban J connectivity index is 0.00000484. The van der Waals surface area contributed by atoms with Crippen LogP contribution in [0.1, 0.15) is 31.1 Å². The summed E-state index contributed by atoms with van der Waals surface area (Å²) in [5, 5.41) is 18.7. The lowest BCUT2D eigenvalue weighted by atomic mass is 10.2. The number of para-hydroxylation sites is 1. The van der Waals surface area contributed by atoms with Gasteiger partial charge >= 0.3 is 0 Å². The van der Waals surface area contributed by atoms with Crippen LogP contribution in [0.25, 0.3) is 0 Å². The Hall–Kier alpha value is -1.51. The van der Waals surface area contributed by atoms with Gasteiger partial charge in [-0.3, -0.25) is 9.79 Å². The van der Waals surface area contributed by atoms with Crippen LogP contribution in [0.15, 0.2) is 29.3 Å². The molecule has 0 atom stereocenters. The maximum absolute atomic E-state index is 11.9. The molecule has 6 nitrogen and oxygen atoms in total. The van der Waals surface area contributed by atoms with E-state index in [1.165, 1.54) is 6.07 Å². The highest BCUT2D eigenvalue weighted by molar-refractivity contribution is 14.0. The van der Waals surface area contributed by atoms with E-state index in [9.17, 15) is 9.90 Å². The zero-order valence-corrected chi connectivity index (χ0v) is 16.3. The minimum absolute atomic E-state index is 0. The van der Waals surface area contributed by atoms with Crippen molar-refractivity contribution in [1.82, 2.24) is 16.0 Å². The Morgan fingerprint density at radius 3 is 2.43 bits per heavy atom. The van der Waals surface area contributed by atoms with Gasteiger partial charge in [-0.05, 0) is 25.0 Å². The average molecular weight is 434 g/mol. The topological polar surface area (TPSA) is 85.8 Å². The zero-order valence-electron chi connectivity index (χ0n) is 13.9. The first-order chi connectivity index (χ1) is 10.5. The van der Waals surface area contributed by atoms with Crippen LogP contribution < -0.4 is 16.0 Å². The first kappa shape index (κ1) is 21.5. The lowest BCUT2D eigenvalue weighted by Gasteiger charge is -2.12. The monoisotopic (exact) mass is 434 g/mol. The molecular weight excluding hydrogens is 407 g/mol. The van der Waals surface area contributed by atoms with E-state index in [0.717, 1.165) is 19.0 Å². The third-order valence-electron chi connectivity index (χ3n) is 2.81. The molecule has 7 heteroatoms. The molecule has 1 aromatic carbocycles. The predicted molar refractivity (Wildman–Crippen MR) is 105 cm³/mol. The fraction of sp³-hybridized carbons (Fsp3) is 0.500. The summed E-state index contributed by atoms with van der Waals surface area (Å²) in [6.45, 7) is 8.77. The number of benzene rings is 1. The van der Waals surface area contributed by atoms with Gasteiger partial charge in [-0.1, -0.05) is 26.0 Å². The maximum atomic E-state index is 11.9. The van der Waals surface area contributed by atoms with Crippen molar-refractivity contribution >= 4 is 35.8 Å². The van der Waals surface area contributed by atoms with Gasteiger partial charge < -0.3 is 21.1 Å². The number of carbonyl (C=O) groups excluding carboxylic acids is 1. The number of aromatic hydroxyl groups is 1. The Bertz CT molecular complexity index is 507. The van der Waals surface area contributed by atoms with Crippen molar-refractivity contribution in [3.05, 3.63) is 29.8 Å². The fourth-order valence-corrected chi connectivity index (χ4v) is 1.73. The van der Waals surface area contributed by atoms with Gasteiger partial charge in [0.25, 0.3) is 5.91 Å². The molecule has 0 aromatic heterocycles. The normalized spacial score (nSPS) is 10.9. The number of phenolic OH excluding ortho intramolecular Hbond substituents is 1. The summed E-state index contributed by atoms with van der Waals surface area (Å²) in [4.78, 5) is 16.3. The fourth-order valence-electron chi connectivity index (χ4n) is 1.73. The van der Waals surface area contributed by atoms with Gasteiger partial charge in [0.1, 0.15) is 5.75 Å². The molecule has 0 bridgehead atoms. The van der Waals surface area contributed by atoms with Gasteiger partial charge in [0.15, 0.2) is 5.96 Å². The molecule has 1 aromatic rings. The number of rotatable bonds is 7. The van der Waals surface area contributed by atoms with Crippen molar-refractivity contribution in [3.63, 3.8) is 0 Å². The highest BCUT2D eigenvalue weighted by Crippen LogP contribution is 2.14. The quantitative estimate of drug-likeness (QED) is 0.229. The molecule has 1 amide bonds. The number of phenols is 1. The smallest absolute Gasteiger partial charge is 0.255 e. The van der Waals surface area contributed by atoms with Crippen LogP contribution >= 0.6 is 24.0 Å². The number of amides is 1. The van der Waals surface area contributed by atoms with Crippen molar-refractivity contribution in [2.45, 2.75) is 20.8 Å². The summed E-state index contributed by atoms with van der Waals surface area (Å²) < 4.78 is 0. The summed E-state index contributed by atoms with van der Waals surface area (Å²) >= 11 is 0. The van der Waals surface area contributed by atoms with Crippen molar-refractivity contribution < 1.29 is 9.90 Å². The maximum Gasteiger partial charge on any atom is 0.255 e. The largest absolute Gasteiger partial charge is 0.507 e. The molecule has 0 spiro atoms. The molecule has 130 valence electrons. The van der Waals surface area contributed by atoms with Crippen LogP contribution in [0, 0.1) is 5.92 Å². The summed E-state index contributed by atoms with van der Waals surface area (Å²) in [6.07, 6.45) is 0. The lowest BCUT2D eigenvalue weighted by Crippen LogP contribution is -2.41. The molecule has 0 aliphatic rings. The summed E-state index contributed by atoms with van der Waals surface area (Å²) in [5.74, 6) is 0.938. The van der Waals surface area contributed by atoms with Gasteiger partial charge in [-0.25, -0.2) is 0 Å². The molecule has 1 rings (SSSR count). The van der Waals surface area contributed by atoms with E-state index in [1.54, 1.807) is 18.2 Å². The Morgan fingerprint density at radius 1 is 1.17 bits per heavy atom. The Kier molecular flexibility index (Phi) is 11.2. The zero-order chi connectivity index (χ0) is 16.4. The lowest BCUT2D eigenvalue weighted by molar-refractivity contribution is 0.0951. The SMILES string of the molecule is CCNC(=NCC(C)C)NCCNC(=O)c1ccccc1O.I. The van der Waals surface area contributed by atoms with Crippen LogP contribution in [0.5, 0.6) is 5.75 Å². The van der Waals surface area contributed by atoms with Gasteiger partial charge in [0, 0.05) is 26.2 Å². The third-order valence-corrected chi connectivity index (χ3v) is 2.81. The summed E-state index contributed by atoms with van der Waals surface area (Å²) in [7, 11) is 0. The highest BCUT2D eigenvalue weighted by atomic mass is 127. The van der Waals surface area contributed by atoms with Crippen LogP contribution in [-0.2, 0) is 0 Å². The van der Waals surface area contributed by atoms with Gasteiger partial charge in [-0.15, -0.1) is 24.0 Å². The number of hydrogen-bond acceptors (Lipinski definition) is 3. The second-order valence-electron chi connectivity index (χ2n) is 5.31. The van der Waals surface area contributed by atoms with Crippen LogP contribution in [-0.4, -0.2) is 43.2 Å². The standard InChI is InChI=1S/C16H26N4O2.HI/c1-4-17-16(20-11-12(2)3)19-10-9-18-15(22)13-7-5-6-8-14(13)21;/h5-8,12,21H,4,9-11H2,1-3H3,(H,18,22)(H2,17,19,20);1H. The second kappa shape index (κ2) is 12.0. The number of nitrogens with one attached hydrogen (secondary N) is 3. The second-order valence-corrected chi connectivity index (χ2v) is 5.31. The summed E-state index contributed by atoms with van der Waals surface area (Å²) in [5.41, 5.74) is 0.280. The summed E-state index contributed by atoms with van der Waals surface area (Å²) in [6, 6.07) is 6.48. The van der Waals surface area contributed by atoms with E-state index in [2.05, 4.69) is 34.8 Å². The van der Waals surface area contributed by atoms with Crippen molar-refractivity contribution in [2.24, 2.45) is 10.9 Å². The number of nitrogens with zero attached hydrogens (tertiary/aromatic N) is 1. The Morgan fingerprint density at radius 2 is 1.83 bits per heavy atom.